The van der Waals surface area contributed by atoms with Crippen LogP contribution >= 0.6 is 0 Å². The number of methoxy groups -OCH3 is 1. The lowest BCUT2D eigenvalue weighted by Crippen LogP contribution is -2.42. The van der Waals surface area contributed by atoms with Gasteiger partial charge in [0, 0.05) is 17.7 Å². The lowest BCUT2D eigenvalue weighted by atomic mass is 10.0. The zero-order valence-electron chi connectivity index (χ0n) is 29.1. The third-order valence-electron chi connectivity index (χ3n) is 8.31. The van der Waals surface area contributed by atoms with Crippen molar-refractivity contribution in [2.24, 2.45) is 0 Å². The first-order chi connectivity index (χ1) is 25.2. The Kier molecular flexibility index (Phi) is 13.1. The zero-order chi connectivity index (χ0) is 36.9. The molecular weight excluding hydrogens is 668 g/mol. The van der Waals surface area contributed by atoms with Crippen molar-refractivity contribution in [3.63, 3.8) is 0 Å². The number of ether oxygens (including phenoxy) is 5. The number of fused-ring (bicyclic) bond motifs is 1. The van der Waals surface area contributed by atoms with Gasteiger partial charge in [-0.15, -0.1) is 0 Å². The standard InChI is InChI=1S/C40H42N2O10/c1-3-4-5-6-7-20-49-31-16-12-29(13-17-31)40(47)52-34-19-9-26(22-35(34)48-2)21-32(39(45)46)42-38(44)28-10-14-30(15-11-28)41-37(43)24-27-8-18-33-36(23-27)51-25-50-33/h8-19,22-23,32H,3-7,20-21,24-25H2,1-2H3,(H,41,43)(H,42,44)(H,45,46). The van der Waals surface area contributed by atoms with Crippen LogP contribution in [0.25, 0.3) is 0 Å². The van der Waals surface area contributed by atoms with Crippen LogP contribution in [0.1, 0.15) is 70.9 Å². The average Bonchev–Trinajstić information content (AvgIpc) is 3.62. The van der Waals surface area contributed by atoms with E-state index in [1.54, 1.807) is 66.7 Å². The van der Waals surface area contributed by atoms with Crippen molar-refractivity contribution in [3.05, 3.63) is 107 Å². The molecule has 0 aliphatic carbocycles. The van der Waals surface area contributed by atoms with Crippen LogP contribution in [0.4, 0.5) is 5.69 Å². The van der Waals surface area contributed by atoms with Gasteiger partial charge < -0.3 is 39.4 Å². The van der Waals surface area contributed by atoms with Crippen LogP contribution in [-0.4, -0.2) is 55.4 Å². The van der Waals surface area contributed by atoms with Gasteiger partial charge in [-0.05, 0) is 90.3 Å². The van der Waals surface area contributed by atoms with Gasteiger partial charge in [-0.25, -0.2) is 9.59 Å². The fraction of sp³-hybridized carbons (Fsp3) is 0.300. The van der Waals surface area contributed by atoms with Crippen molar-refractivity contribution >= 4 is 29.4 Å². The molecule has 1 unspecified atom stereocenters. The van der Waals surface area contributed by atoms with Gasteiger partial charge in [0.2, 0.25) is 12.7 Å². The number of unbranched alkanes of at least 4 members (excludes halogenated alkanes) is 4. The number of hydrogen-bond acceptors (Lipinski definition) is 9. The molecule has 0 aromatic heterocycles. The first kappa shape index (κ1) is 37.2. The molecule has 0 fully saturated rings. The Morgan fingerprint density at radius 3 is 2.23 bits per heavy atom. The van der Waals surface area contributed by atoms with Gasteiger partial charge in [-0.3, -0.25) is 9.59 Å². The molecule has 272 valence electrons. The number of anilines is 1. The molecule has 1 aliphatic rings. The van der Waals surface area contributed by atoms with E-state index in [9.17, 15) is 24.3 Å². The predicted octanol–water partition coefficient (Wildman–Crippen LogP) is 6.60. The quantitative estimate of drug-likeness (QED) is 0.0584. The number of esters is 1. The van der Waals surface area contributed by atoms with Crippen LogP contribution < -0.4 is 34.3 Å². The Labute approximate surface area is 302 Å². The summed E-state index contributed by atoms with van der Waals surface area (Å²) in [7, 11) is 1.41. The van der Waals surface area contributed by atoms with E-state index in [1.807, 2.05) is 0 Å². The number of aliphatic carboxylic acids is 1. The monoisotopic (exact) mass is 710 g/mol. The zero-order valence-corrected chi connectivity index (χ0v) is 29.1. The molecule has 4 aromatic carbocycles. The summed E-state index contributed by atoms with van der Waals surface area (Å²) in [4.78, 5) is 50.6. The van der Waals surface area contributed by atoms with Crippen LogP contribution in [0.2, 0.25) is 0 Å². The van der Waals surface area contributed by atoms with E-state index in [2.05, 4.69) is 17.6 Å². The molecule has 12 nitrogen and oxygen atoms in total. The van der Waals surface area contributed by atoms with E-state index in [0.29, 0.717) is 40.7 Å². The minimum atomic E-state index is -1.27. The maximum absolute atomic E-state index is 13.0. The first-order valence-electron chi connectivity index (χ1n) is 17.2. The summed E-state index contributed by atoms with van der Waals surface area (Å²) in [6.07, 6.45) is 5.73. The Morgan fingerprint density at radius 1 is 0.788 bits per heavy atom. The van der Waals surface area contributed by atoms with Gasteiger partial charge >= 0.3 is 11.9 Å². The summed E-state index contributed by atoms with van der Waals surface area (Å²) in [5.74, 6) is -0.432. The third kappa shape index (κ3) is 10.5. The summed E-state index contributed by atoms with van der Waals surface area (Å²) in [5, 5.41) is 15.2. The molecule has 5 rings (SSSR count). The predicted molar refractivity (Wildman–Crippen MR) is 193 cm³/mol. The van der Waals surface area contributed by atoms with Gasteiger partial charge in [0.25, 0.3) is 5.91 Å². The largest absolute Gasteiger partial charge is 0.494 e. The highest BCUT2D eigenvalue weighted by Gasteiger charge is 2.23. The summed E-state index contributed by atoms with van der Waals surface area (Å²) in [5.41, 5.74) is 2.29. The average molecular weight is 711 g/mol. The maximum atomic E-state index is 13.0. The number of amides is 2. The number of benzene rings is 4. The molecule has 0 radical (unpaired) electrons. The van der Waals surface area contributed by atoms with Crippen LogP contribution in [0, 0.1) is 0 Å². The molecule has 0 spiro atoms. The number of carboxylic acids is 1. The fourth-order valence-electron chi connectivity index (χ4n) is 5.49. The molecule has 2 amide bonds. The van der Waals surface area contributed by atoms with Crippen molar-refractivity contribution in [1.29, 1.82) is 0 Å². The van der Waals surface area contributed by atoms with Crippen molar-refractivity contribution in [3.8, 4) is 28.7 Å². The van der Waals surface area contributed by atoms with E-state index in [1.165, 1.54) is 44.6 Å². The van der Waals surface area contributed by atoms with E-state index in [-0.39, 0.29) is 42.6 Å². The second-order valence-electron chi connectivity index (χ2n) is 12.2. The van der Waals surface area contributed by atoms with Crippen LogP contribution in [0.3, 0.4) is 0 Å². The SMILES string of the molecule is CCCCCCCOc1ccc(C(=O)Oc2ccc(CC(NC(=O)c3ccc(NC(=O)Cc4ccc5c(c4)OCO5)cc3)C(=O)O)cc2OC)cc1. The van der Waals surface area contributed by atoms with E-state index in [0.717, 1.165) is 18.4 Å². The summed E-state index contributed by atoms with van der Waals surface area (Å²) in [6, 6.07) is 21.5. The number of carbonyl (C=O) groups excluding carboxylic acids is 3. The van der Waals surface area contributed by atoms with Gasteiger partial charge in [-0.2, -0.15) is 0 Å². The molecule has 3 N–H and O–H groups in total. The molecule has 4 aromatic rings. The van der Waals surface area contributed by atoms with Gasteiger partial charge in [0.05, 0.1) is 25.7 Å². The Morgan fingerprint density at radius 2 is 1.50 bits per heavy atom. The van der Waals surface area contributed by atoms with Crippen molar-refractivity contribution in [1.82, 2.24) is 5.32 Å². The number of hydrogen-bond donors (Lipinski definition) is 3. The molecule has 0 saturated carbocycles. The molecule has 1 heterocycles. The smallest absolute Gasteiger partial charge is 0.343 e. The van der Waals surface area contributed by atoms with Crippen molar-refractivity contribution in [2.45, 2.75) is 57.9 Å². The summed E-state index contributed by atoms with van der Waals surface area (Å²) in [6.45, 7) is 2.93. The van der Waals surface area contributed by atoms with Gasteiger partial charge in [0.15, 0.2) is 23.0 Å². The van der Waals surface area contributed by atoms with Gasteiger partial charge in [0.1, 0.15) is 11.8 Å². The molecule has 52 heavy (non-hydrogen) atoms. The molecule has 0 bridgehead atoms. The van der Waals surface area contributed by atoms with Crippen LogP contribution in [0.5, 0.6) is 28.7 Å². The third-order valence-corrected chi connectivity index (χ3v) is 8.31. The first-order valence-corrected chi connectivity index (χ1v) is 17.2. The van der Waals surface area contributed by atoms with Crippen LogP contribution in [0.15, 0.2) is 84.9 Å². The van der Waals surface area contributed by atoms with E-state index < -0.39 is 23.9 Å². The van der Waals surface area contributed by atoms with Crippen molar-refractivity contribution < 1.29 is 48.0 Å². The van der Waals surface area contributed by atoms with Crippen LogP contribution in [-0.2, 0) is 22.4 Å². The van der Waals surface area contributed by atoms with E-state index in [4.69, 9.17) is 23.7 Å². The Balaban J connectivity index is 1.12. The molecular formula is C40H42N2O10. The summed E-state index contributed by atoms with van der Waals surface area (Å²) < 4.78 is 27.4. The maximum Gasteiger partial charge on any atom is 0.343 e. The number of carboxylic acid groups (broad SMARTS) is 1. The lowest BCUT2D eigenvalue weighted by molar-refractivity contribution is -0.139. The molecule has 1 aliphatic heterocycles. The highest BCUT2D eigenvalue weighted by molar-refractivity contribution is 5.98. The van der Waals surface area contributed by atoms with Crippen molar-refractivity contribution in [2.75, 3.05) is 25.8 Å². The molecule has 12 heteroatoms. The lowest BCUT2D eigenvalue weighted by Gasteiger charge is -2.16. The number of carbonyl (C=O) groups is 4. The second-order valence-corrected chi connectivity index (χ2v) is 12.2. The number of rotatable bonds is 18. The molecule has 1 atom stereocenters. The highest BCUT2D eigenvalue weighted by Crippen LogP contribution is 2.33. The summed E-state index contributed by atoms with van der Waals surface area (Å²) >= 11 is 0. The Hall–Kier alpha value is -6.04. The second kappa shape index (κ2) is 18.3. The van der Waals surface area contributed by atoms with E-state index >= 15 is 0 Å². The van der Waals surface area contributed by atoms with Gasteiger partial charge in [-0.1, -0.05) is 44.7 Å². The Bertz CT molecular complexity index is 1860. The minimum absolute atomic E-state index is 0.0697. The highest BCUT2D eigenvalue weighted by atomic mass is 16.7. The molecule has 0 saturated heterocycles. The normalized spacial score (nSPS) is 12.0. The number of nitrogens with one attached hydrogen (secondary N) is 2. The topological polar surface area (TPSA) is 159 Å². The fourth-order valence-corrected chi connectivity index (χ4v) is 5.49. The minimum Gasteiger partial charge on any atom is -0.494 e.